The van der Waals surface area contributed by atoms with Gasteiger partial charge in [0.15, 0.2) is 0 Å². The van der Waals surface area contributed by atoms with Gasteiger partial charge in [0.05, 0.1) is 11.7 Å². The molecule has 0 saturated heterocycles. The Morgan fingerprint density at radius 1 is 0.810 bits per heavy atom. The van der Waals surface area contributed by atoms with Crippen molar-refractivity contribution in [2.45, 2.75) is 12.5 Å². The van der Waals surface area contributed by atoms with E-state index in [9.17, 15) is 13.9 Å². The average molecular weight is 284 g/mol. The number of halogens is 2. The second-order valence-corrected chi connectivity index (χ2v) is 5.04. The molecular weight excluding hydrogens is 270 g/mol. The van der Waals surface area contributed by atoms with Crippen LogP contribution in [-0.4, -0.2) is 5.11 Å². The summed E-state index contributed by atoms with van der Waals surface area (Å²) in [6.07, 6.45) is -1.03. The Kier molecular flexibility index (Phi) is 3.67. The molecule has 0 spiro atoms. The van der Waals surface area contributed by atoms with E-state index in [0.717, 1.165) is 28.5 Å². The molecule has 0 bridgehead atoms. The number of benzene rings is 3. The van der Waals surface area contributed by atoms with E-state index in [1.807, 2.05) is 42.5 Å². The predicted molar refractivity (Wildman–Crippen MR) is 79.0 cm³/mol. The van der Waals surface area contributed by atoms with Gasteiger partial charge >= 0.3 is 0 Å². The summed E-state index contributed by atoms with van der Waals surface area (Å²) in [5.74, 6) is -1.44. The van der Waals surface area contributed by atoms with Crippen molar-refractivity contribution < 1.29 is 13.9 Å². The average Bonchev–Trinajstić information content (AvgIpc) is 2.47. The summed E-state index contributed by atoms with van der Waals surface area (Å²) < 4.78 is 27.3. The van der Waals surface area contributed by atoms with Crippen LogP contribution in [-0.2, 0) is 6.42 Å². The van der Waals surface area contributed by atoms with Gasteiger partial charge in [0.1, 0.15) is 11.6 Å². The fraction of sp³-hybridized carbons (Fsp3) is 0.111. The minimum Gasteiger partial charge on any atom is -0.388 e. The predicted octanol–water partition coefficient (Wildman–Crippen LogP) is 4.39. The monoisotopic (exact) mass is 284 g/mol. The third-order valence-corrected chi connectivity index (χ3v) is 3.58. The Balaban J connectivity index is 1.91. The van der Waals surface area contributed by atoms with Crippen LogP contribution in [0.5, 0.6) is 0 Å². The van der Waals surface area contributed by atoms with Crippen molar-refractivity contribution in [3.63, 3.8) is 0 Å². The molecule has 21 heavy (non-hydrogen) atoms. The van der Waals surface area contributed by atoms with Gasteiger partial charge < -0.3 is 5.11 Å². The first kappa shape index (κ1) is 13.7. The molecule has 106 valence electrons. The summed E-state index contributed by atoms with van der Waals surface area (Å²) in [6.45, 7) is 0. The molecular formula is C18H14F2O. The Hall–Kier alpha value is -2.26. The van der Waals surface area contributed by atoms with Crippen LogP contribution in [0.1, 0.15) is 17.2 Å². The summed E-state index contributed by atoms with van der Waals surface area (Å²) in [5.41, 5.74) is 0.564. The van der Waals surface area contributed by atoms with Crippen LogP contribution in [0.4, 0.5) is 8.78 Å². The maximum Gasteiger partial charge on any atom is 0.131 e. The van der Waals surface area contributed by atoms with Crippen molar-refractivity contribution >= 4 is 10.8 Å². The number of hydrogen-bond acceptors (Lipinski definition) is 1. The first-order chi connectivity index (χ1) is 10.1. The van der Waals surface area contributed by atoms with Gasteiger partial charge in [0.2, 0.25) is 0 Å². The molecule has 1 unspecified atom stereocenters. The van der Waals surface area contributed by atoms with Crippen LogP contribution in [0, 0.1) is 11.6 Å². The summed E-state index contributed by atoms with van der Waals surface area (Å²) in [6, 6.07) is 17.2. The molecule has 0 amide bonds. The van der Waals surface area contributed by atoms with Crippen molar-refractivity contribution in [3.8, 4) is 0 Å². The maximum absolute atomic E-state index is 13.7. The quantitative estimate of drug-likeness (QED) is 0.756. The molecule has 3 aromatic carbocycles. The summed E-state index contributed by atoms with van der Waals surface area (Å²) in [7, 11) is 0. The topological polar surface area (TPSA) is 20.2 Å². The maximum atomic E-state index is 13.7. The Morgan fingerprint density at radius 2 is 1.48 bits per heavy atom. The van der Waals surface area contributed by atoms with Gasteiger partial charge in [-0.3, -0.25) is 0 Å². The van der Waals surface area contributed by atoms with Crippen LogP contribution in [0.2, 0.25) is 0 Å². The zero-order chi connectivity index (χ0) is 14.8. The van der Waals surface area contributed by atoms with Crippen molar-refractivity contribution in [2.75, 3.05) is 0 Å². The van der Waals surface area contributed by atoms with E-state index in [0.29, 0.717) is 0 Å². The molecule has 0 aliphatic heterocycles. The Bertz CT molecular complexity index is 763. The van der Waals surface area contributed by atoms with Crippen LogP contribution in [0.3, 0.4) is 0 Å². The first-order valence-electron chi connectivity index (χ1n) is 6.75. The lowest BCUT2D eigenvalue weighted by Crippen LogP contribution is -2.07. The summed E-state index contributed by atoms with van der Waals surface area (Å²) >= 11 is 0. The van der Waals surface area contributed by atoms with Gasteiger partial charge in [-0.2, -0.15) is 0 Å². The van der Waals surface area contributed by atoms with E-state index in [1.165, 1.54) is 6.07 Å². The highest BCUT2D eigenvalue weighted by Crippen LogP contribution is 2.25. The van der Waals surface area contributed by atoms with Crippen molar-refractivity contribution in [2.24, 2.45) is 0 Å². The second kappa shape index (κ2) is 5.62. The van der Waals surface area contributed by atoms with E-state index in [2.05, 4.69) is 0 Å². The number of aliphatic hydroxyl groups excluding tert-OH is 1. The largest absolute Gasteiger partial charge is 0.388 e. The lowest BCUT2D eigenvalue weighted by atomic mass is 9.98. The Labute approximate surface area is 121 Å². The van der Waals surface area contributed by atoms with Crippen LogP contribution in [0.15, 0.2) is 60.7 Å². The van der Waals surface area contributed by atoms with E-state index < -0.39 is 17.7 Å². The molecule has 1 nitrogen and oxygen atoms in total. The number of rotatable bonds is 3. The van der Waals surface area contributed by atoms with Gasteiger partial charge in [0.25, 0.3) is 0 Å². The highest BCUT2D eigenvalue weighted by Gasteiger charge is 2.18. The third-order valence-electron chi connectivity index (χ3n) is 3.58. The molecule has 0 aliphatic carbocycles. The molecule has 0 saturated carbocycles. The minimum absolute atomic E-state index is 0.169. The smallest absolute Gasteiger partial charge is 0.131 e. The van der Waals surface area contributed by atoms with Crippen LogP contribution >= 0.6 is 0 Å². The molecule has 1 atom stereocenters. The van der Waals surface area contributed by atoms with E-state index >= 15 is 0 Å². The lowest BCUT2D eigenvalue weighted by Gasteiger charge is -2.13. The molecule has 0 aliphatic rings. The second-order valence-electron chi connectivity index (χ2n) is 5.04. The van der Waals surface area contributed by atoms with Crippen molar-refractivity contribution in [1.29, 1.82) is 0 Å². The SMILES string of the molecule is OC(Cc1ccc2ccccc2c1)c1c(F)cccc1F. The van der Waals surface area contributed by atoms with E-state index in [1.54, 1.807) is 0 Å². The molecule has 3 rings (SSSR count). The van der Waals surface area contributed by atoms with Crippen molar-refractivity contribution in [1.82, 2.24) is 0 Å². The summed E-state index contributed by atoms with van der Waals surface area (Å²) in [5, 5.41) is 12.3. The zero-order valence-electron chi connectivity index (χ0n) is 11.3. The molecule has 3 aromatic rings. The molecule has 0 radical (unpaired) electrons. The normalized spacial score (nSPS) is 12.5. The highest BCUT2D eigenvalue weighted by molar-refractivity contribution is 5.83. The van der Waals surface area contributed by atoms with Crippen LogP contribution < -0.4 is 0 Å². The summed E-state index contributed by atoms with van der Waals surface area (Å²) in [4.78, 5) is 0. The van der Waals surface area contributed by atoms with E-state index in [-0.39, 0.29) is 12.0 Å². The molecule has 0 fully saturated rings. The third kappa shape index (κ3) is 2.78. The minimum atomic E-state index is -1.20. The molecule has 1 N–H and O–H groups in total. The van der Waals surface area contributed by atoms with Gasteiger partial charge in [-0.25, -0.2) is 8.78 Å². The highest BCUT2D eigenvalue weighted by atomic mass is 19.1. The van der Waals surface area contributed by atoms with Gasteiger partial charge in [0, 0.05) is 6.42 Å². The molecule has 0 aromatic heterocycles. The zero-order valence-corrected chi connectivity index (χ0v) is 11.3. The number of hydrogen-bond donors (Lipinski definition) is 1. The fourth-order valence-corrected chi connectivity index (χ4v) is 2.52. The van der Waals surface area contributed by atoms with Gasteiger partial charge in [-0.1, -0.05) is 48.5 Å². The first-order valence-corrected chi connectivity index (χ1v) is 6.75. The molecule has 0 heterocycles. The number of aliphatic hydroxyl groups is 1. The standard InChI is InChI=1S/C18H14F2O/c19-15-6-3-7-16(20)18(15)17(21)11-12-8-9-13-4-1-2-5-14(13)10-12/h1-10,17,21H,11H2. The number of fused-ring (bicyclic) bond motifs is 1. The van der Waals surface area contributed by atoms with Gasteiger partial charge in [-0.05, 0) is 28.5 Å². The fourth-order valence-electron chi connectivity index (χ4n) is 2.52. The van der Waals surface area contributed by atoms with Crippen molar-refractivity contribution in [3.05, 3.63) is 83.4 Å². The van der Waals surface area contributed by atoms with E-state index in [4.69, 9.17) is 0 Å². The van der Waals surface area contributed by atoms with Crippen LogP contribution in [0.25, 0.3) is 10.8 Å². The lowest BCUT2D eigenvalue weighted by molar-refractivity contribution is 0.168. The molecule has 3 heteroatoms. The Morgan fingerprint density at radius 3 is 2.19 bits per heavy atom. The van der Waals surface area contributed by atoms with Gasteiger partial charge in [-0.15, -0.1) is 0 Å².